The van der Waals surface area contributed by atoms with Crippen LogP contribution in [-0.2, 0) is 12.8 Å². The van der Waals surface area contributed by atoms with Gasteiger partial charge in [-0.2, -0.15) is 0 Å². The van der Waals surface area contributed by atoms with Gasteiger partial charge in [-0.25, -0.2) is 0 Å². The zero-order valence-corrected chi connectivity index (χ0v) is 8.13. The highest BCUT2D eigenvalue weighted by Crippen LogP contribution is 2.22. The zero-order valence-electron chi connectivity index (χ0n) is 8.13. The lowest BCUT2D eigenvalue weighted by Crippen LogP contribution is -2.21. The van der Waals surface area contributed by atoms with Crippen molar-refractivity contribution in [1.82, 2.24) is 10.1 Å². The molecule has 4 heteroatoms. The first-order chi connectivity index (χ1) is 6.31. The van der Waals surface area contributed by atoms with Crippen LogP contribution in [0.15, 0.2) is 4.52 Å². The summed E-state index contributed by atoms with van der Waals surface area (Å²) in [7, 11) is 4.01. The summed E-state index contributed by atoms with van der Waals surface area (Å²) in [6, 6.07) is 0. The quantitative estimate of drug-likeness (QED) is 0.694. The fraction of sp³-hybridized carbons (Fsp3) is 0.667. The van der Waals surface area contributed by atoms with Gasteiger partial charge in [0.15, 0.2) is 0 Å². The van der Waals surface area contributed by atoms with Gasteiger partial charge in [-0.05, 0) is 13.5 Å². The number of hydrogen-bond donors (Lipinski definition) is 1. The minimum atomic E-state index is 0.838. The van der Waals surface area contributed by atoms with Gasteiger partial charge in [-0.1, -0.05) is 5.16 Å². The summed E-state index contributed by atoms with van der Waals surface area (Å²) in [5.41, 5.74) is 2.38. The van der Waals surface area contributed by atoms with Crippen molar-refractivity contribution >= 4 is 5.88 Å². The Morgan fingerprint density at radius 2 is 2.15 bits per heavy atom. The van der Waals surface area contributed by atoms with Gasteiger partial charge in [0.2, 0.25) is 5.88 Å². The second kappa shape index (κ2) is 3.38. The molecule has 2 rings (SSSR count). The number of likely N-dealkylation sites (N-methyl/N-ethyl adjacent to an activating group) is 1. The van der Waals surface area contributed by atoms with Crippen LogP contribution in [0.4, 0.5) is 5.88 Å². The number of nitrogens with one attached hydrogen (secondary N) is 1. The molecule has 0 aromatic carbocycles. The van der Waals surface area contributed by atoms with Gasteiger partial charge < -0.3 is 14.7 Å². The first-order valence-corrected chi connectivity index (χ1v) is 4.65. The molecule has 0 fully saturated rings. The molecule has 0 radical (unpaired) electrons. The van der Waals surface area contributed by atoms with Crippen LogP contribution in [0.1, 0.15) is 11.3 Å². The number of nitrogens with zero attached hydrogens (tertiary/aromatic N) is 2. The van der Waals surface area contributed by atoms with E-state index >= 15 is 0 Å². The van der Waals surface area contributed by atoms with Crippen LogP contribution in [0, 0.1) is 0 Å². The minimum Gasteiger partial charge on any atom is -0.357 e. The van der Waals surface area contributed by atoms with Crippen molar-refractivity contribution in [3.8, 4) is 0 Å². The van der Waals surface area contributed by atoms with Gasteiger partial charge in [-0.3, -0.25) is 0 Å². The van der Waals surface area contributed by atoms with Crippen molar-refractivity contribution in [1.29, 1.82) is 0 Å². The lowest BCUT2D eigenvalue weighted by molar-refractivity contribution is 0.343. The maximum atomic E-state index is 5.18. The standard InChI is InChI=1S/C9H15N3O/c1-10-9-7-3-5-12(2)6-4-8(7)11-13-9/h10H,3-6H2,1-2H3. The molecule has 1 aromatic rings. The highest BCUT2D eigenvalue weighted by atomic mass is 16.5. The fourth-order valence-electron chi connectivity index (χ4n) is 1.70. The predicted molar refractivity (Wildman–Crippen MR) is 51.0 cm³/mol. The topological polar surface area (TPSA) is 41.3 Å². The molecule has 1 aliphatic heterocycles. The molecular formula is C9H15N3O. The Kier molecular flexibility index (Phi) is 2.22. The van der Waals surface area contributed by atoms with Gasteiger partial charge in [-0.15, -0.1) is 0 Å². The Labute approximate surface area is 77.9 Å². The van der Waals surface area contributed by atoms with E-state index in [4.69, 9.17) is 4.52 Å². The van der Waals surface area contributed by atoms with Gasteiger partial charge >= 0.3 is 0 Å². The summed E-state index contributed by atoms with van der Waals surface area (Å²) >= 11 is 0. The van der Waals surface area contributed by atoms with Crippen LogP contribution >= 0.6 is 0 Å². The smallest absolute Gasteiger partial charge is 0.227 e. The summed E-state index contributed by atoms with van der Waals surface area (Å²) < 4.78 is 5.18. The third-order valence-corrected chi connectivity index (χ3v) is 2.57. The predicted octanol–water partition coefficient (Wildman–Crippen LogP) is 0.747. The van der Waals surface area contributed by atoms with Crippen molar-refractivity contribution < 1.29 is 4.52 Å². The Hall–Kier alpha value is -1.03. The normalized spacial score (nSPS) is 18.0. The molecule has 72 valence electrons. The number of hydrogen-bond acceptors (Lipinski definition) is 4. The lowest BCUT2D eigenvalue weighted by Gasteiger charge is -2.11. The van der Waals surface area contributed by atoms with Crippen molar-refractivity contribution in [3.05, 3.63) is 11.3 Å². The average Bonchev–Trinajstić information content (AvgIpc) is 2.45. The van der Waals surface area contributed by atoms with Crippen LogP contribution in [0.2, 0.25) is 0 Å². The Bertz CT molecular complexity index is 295. The molecule has 13 heavy (non-hydrogen) atoms. The highest BCUT2D eigenvalue weighted by molar-refractivity contribution is 5.43. The first kappa shape index (κ1) is 8.56. The number of fused-ring (bicyclic) bond motifs is 1. The molecule has 1 aromatic heterocycles. The van der Waals surface area contributed by atoms with E-state index in [1.54, 1.807) is 0 Å². The number of anilines is 1. The second-order valence-electron chi connectivity index (χ2n) is 3.49. The van der Waals surface area contributed by atoms with E-state index in [-0.39, 0.29) is 0 Å². The molecule has 1 N–H and O–H groups in total. The molecule has 1 aliphatic rings. The van der Waals surface area contributed by atoms with Crippen molar-refractivity contribution in [2.45, 2.75) is 12.8 Å². The van der Waals surface area contributed by atoms with Crippen molar-refractivity contribution in [2.24, 2.45) is 0 Å². The molecule has 0 atom stereocenters. The molecule has 2 heterocycles. The summed E-state index contributed by atoms with van der Waals surface area (Å²) in [4.78, 5) is 2.32. The van der Waals surface area contributed by atoms with Crippen molar-refractivity contribution in [3.63, 3.8) is 0 Å². The van der Waals surface area contributed by atoms with Crippen molar-refractivity contribution in [2.75, 3.05) is 32.5 Å². The van der Waals surface area contributed by atoms with E-state index in [0.717, 1.165) is 37.5 Å². The van der Waals surface area contributed by atoms with E-state index in [0.29, 0.717) is 0 Å². The first-order valence-electron chi connectivity index (χ1n) is 4.65. The Morgan fingerprint density at radius 1 is 1.38 bits per heavy atom. The zero-order chi connectivity index (χ0) is 9.26. The van der Waals surface area contributed by atoms with E-state index in [1.807, 2.05) is 7.05 Å². The molecule has 0 spiro atoms. The van der Waals surface area contributed by atoms with Crippen LogP contribution in [0.3, 0.4) is 0 Å². The molecule has 0 unspecified atom stereocenters. The highest BCUT2D eigenvalue weighted by Gasteiger charge is 2.18. The second-order valence-corrected chi connectivity index (χ2v) is 3.49. The maximum absolute atomic E-state index is 5.18. The molecule has 4 nitrogen and oxygen atoms in total. The minimum absolute atomic E-state index is 0.838. The lowest BCUT2D eigenvalue weighted by atomic mass is 10.1. The third-order valence-electron chi connectivity index (χ3n) is 2.57. The molecule has 0 saturated carbocycles. The molecule has 0 amide bonds. The molecule has 0 saturated heterocycles. The SMILES string of the molecule is CNc1onc2c1CCN(C)CC2. The average molecular weight is 181 g/mol. The number of rotatable bonds is 1. The van der Waals surface area contributed by atoms with E-state index in [2.05, 4.69) is 22.4 Å². The van der Waals surface area contributed by atoms with Gasteiger partial charge in [0.05, 0.1) is 5.69 Å². The molecule has 0 bridgehead atoms. The summed E-state index contributed by atoms with van der Waals surface area (Å²) in [6.07, 6.45) is 2.03. The largest absolute Gasteiger partial charge is 0.357 e. The van der Waals surface area contributed by atoms with Crippen LogP contribution < -0.4 is 5.32 Å². The Morgan fingerprint density at radius 3 is 2.92 bits per heavy atom. The maximum Gasteiger partial charge on any atom is 0.227 e. The van der Waals surface area contributed by atoms with Gasteiger partial charge in [0.1, 0.15) is 0 Å². The Balaban J connectivity index is 2.26. The third kappa shape index (κ3) is 1.54. The van der Waals surface area contributed by atoms with E-state index < -0.39 is 0 Å². The molecule has 0 aliphatic carbocycles. The van der Waals surface area contributed by atoms with Crippen LogP contribution in [-0.4, -0.2) is 37.2 Å². The fourth-order valence-corrected chi connectivity index (χ4v) is 1.70. The van der Waals surface area contributed by atoms with Crippen LogP contribution in [0.25, 0.3) is 0 Å². The monoisotopic (exact) mass is 181 g/mol. The van der Waals surface area contributed by atoms with E-state index in [1.165, 1.54) is 5.56 Å². The van der Waals surface area contributed by atoms with Crippen LogP contribution in [0.5, 0.6) is 0 Å². The van der Waals surface area contributed by atoms with E-state index in [9.17, 15) is 0 Å². The summed E-state index contributed by atoms with van der Waals surface area (Å²) in [5.74, 6) is 0.838. The van der Waals surface area contributed by atoms with Gasteiger partial charge in [0, 0.05) is 32.1 Å². The van der Waals surface area contributed by atoms with Gasteiger partial charge in [0.25, 0.3) is 0 Å². The summed E-state index contributed by atoms with van der Waals surface area (Å²) in [6.45, 7) is 2.16. The molecular weight excluding hydrogens is 166 g/mol. The summed E-state index contributed by atoms with van der Waals surface area (Å²) in [5, 5.41) is 7.09. The number of aromatic nitrogens is 1.